The largest absolute Gasteiger partial charge is 0.355 e. The van der Waals surface area contributed by atoms with E-state index >= 15 is 0 Å². The van der Waals surface area contributed by atoms with E-state index in [0.29, 0.717) is 26.1 Å². The van der Waals surface area contributed by atoms with Crippen molar-refractivity contribution in [2.75, 3.05) is 19.6 Å². The molecule has 2 aliphatic heterocycles. The van der Waals surface area contributed by atoms with Crippen molar-refractivity contribution in [1.82, 2.24) is 14.3 Å². The molecule has 0 radical (unpaired) electrons. The van der Waals surface area contributed by atoms with Crippen LogP contribution in [0.1, 0.15) is 32.1 Å². The molecule has 2 fully saturated rings. The van der Waals surface area contributed by atoms with Crippen molar-refractivity contribution in [1.29, 1.82) is 0 Å². The average Bonchev–Trinajstić information content (AvgIpc) is 3.09. The smallest absolute Gasteiger partial charge is 0.243 e. The SMILES string of the molecule is O=C1NCCCC[C@@H]1NS(=O)(=O)c1ccc(S(=O)(=O)N2CCCC2)cc1. The maximum atomic E-state index is 12.5. The summed E-state index contributed by atoms with van der Waals surface area (Å²) in [7, 11) is -7.50. The molecule has 2 saturated heterocycles. The lowest BCUT2D eigenvalue weighted by atomic mass is 10.1. The van der Waals surface area contributed by atoms with E-state index in [2.05, 4.69) is 10.0 Å². The molecule has 1 atom stereocenters. The van der Waals surface area contributed by atoms with Crippen molar-refractivity contribution in [3.8, 4) is 0 Å². The van der Waals surface area contributed by atoms with Gasteiger partial charge in [-0.3, -0.25) is 4.79 Å². The molecule has 1 aromatic rings. The maximum absolute atomic E-state index is 12.5. The van der Waals surface area contributed by atoms with Crippen LogP contribution in [0.15, 0.2) is 34.1 Å². The summed E-state index contributed by atoms with van der Waals surface area (Å²) in [6.07, 6.45) is 3.66. The number of hydrogen-bond acceptors (Lipinski definition) is 5. The normalized spacial score (nSPS) is 22.8. The van der Waals surface area contributed by atoms with Gasteiger partial charge in [0.25, 0.3) is 0 Å². The van der Waals surface area contributed by atoms with Crippen molar-refractivity contribution in [2.24, 2.45) is 0 Å². The minimum absolute atomic E-state index is 0.0603. The van der Waals surface area contributed by atoms with Crippen LogP contribution in [0.2, 0.25) is 0 Å². The van der Waals surface area contributed by atoms with Gasteiger partial charge in [-0.25, -0.2) is 16.8 Å². The summed E-state index contributed by atoms with van der Waals surface area (Å²) in [4.78, 5) is 11.9. The van der Waals surface area contributed by atoms with Crippen LogP contribution in [0.3, 0.4) is 0 Å². The summed E-state index contributed by atoms with van der Waals surface area (Å²) < 4.78 is 53.9. The Bertz CT molecular complexity index is 860. The molecule has 0 unspecified atom stereocenters. The summed E-state index contributed by atoms with van der Waals surface area (Å²) >= 11 is 0. The second kappa shape index (κ2) is 7.63. The van der Waals surface area contributed by atoms with Crippen LogP contribution in [0, 0.1) is 0 Å². The molecule has 0 bridgehead atoms. The zero-order valence-corrected chi connectivity index (χ0v) is 16.0. The van der Waals surface area contributed by atoms with Crippen LogP contribution in [-0.4, -0.2) is 52.7 Å². The Labute approximate surface area is 154 Å². The minimum Gasteiger partial charge on any atom is -0.355 e. The summed E-state index contributed by atoms with van der Waals surface area (Å²) in [5, 5.41) is 2.68. The van der Waals surface area contributed by atoms with Crippen molar-refractivity contribution < 1.29 is 21.6 Å². The third-order valence-electron chi connectivity index (χ3n) is 4.67. The molecule has 8 nitrogen and oxygen atoms in total. The Morgan fingerprint density at radius 1 is 0.923 bits per heavy atom. The Morgan fingerprint density at radius 2 is 1.54 bits per heavy atom. The highest BCUT2D eigenvalue weighted by molar-refractivity contribution is 7.89. The maximum Gasteiger partial charge on any atom is 0.243 e. The number of hydrogen-bond donors (Lipinski definition) is 2. The highest BCUT2D eigenvalue weighted by Gasteiger charge is 2.29. The molecular formula is C16H23N3O5S2. The van der Waals surface area contributed by atoms with E-state index in [-0.39, 0.29) is 15.7 Å². The van der Waals surface area contributed by atoms with Crippen LogP contribution in [0.5, 0.6) is 0 Å². The van der Waals surface area contributed by atoms with E-state index in [1.165, 1.54) is 28.6 Å². The average molecular weight is 402 g/mol. The second-order valence-electron chi connectivity index (χ2n) is 6.54. The molecule has 0 spiro atoms. The van der Waals surface area contributed by atoms with Gasteiger partial charge in [-0.05, 0) is 56.4 Å². The van der Waals surface area contributed by atoms with Gasteiger partial charge < -0.3 is 5.32 Å². The third-order valence-corrected chi connectivity index (χ3v) is 8.07. The summed E-state index contributed by atoms with van der Waals surface area (Å²) in [6, 6.07) is 4.32. The van der Waals surface area contributed by atoms with Gasteiger partial charge in [-0.1, -0.05) is 0 Å². The topological polar surface area (TPSA) is 113 Å². The van der Waals surface area contributed by atoms with Gasteiger partial charge in [0.05, 0.1) is 9.79 Å². The zero-order chi connectivity index (χ0) is 18.8. The number of benzene rings is 1. The number of amides is 1. The Balaban J connectivity index is 1.77. The molecule has 10 heteroatoms. The van der Waals surface area contributed by atoms with Crippen molar-refractivity contribution >= 4 is 26.0 Å². The van der Waals surface area contributed by atoms with Gasteiger partial charge in [0.15, 0.2) is 0 Å². The Kier molecular flexibility index (Phi) is 5.66. The van der Waals surface area contributed by atoms with Gasteiger partial charge >= 0.3 is 0 Å². The highest BCUT2D eigenvalue weighted by Crippen LogP contribution is 2.22. The number of nitrogens with one attached hydrogen (secondary N) is 2. The fourth-order valence-electron chi connectivity index (χ4n) is 3.18. The first-order valence-electron chi connectivity index (χ1n) is 8.71. The van der Waals surface area contributed by atoms with Crippen LogP contribution in [0.25, 0.3) is 0 Å². The quantitative estimate of drug-likeness (QED) is 0.742. The minimum atomic E-state index is -3.91. The zero-order valence-electron chi connectivity index (χ0n) is 14.3. The molecule has 0 aliphatic carbocycles. The molecule has 26 heavy (non-hydrogen) atoms. The number of rotatable bonds is 5. The summed E-state index contributed by atoms with van der Waals surface area (Å²) in [5.41, 5.74) is 0. The summed E-state index contributed by atoms with van der Waals surface area (Å²) in [6.45, 7) is 1.52. The molecule has 2 heterocycles. The fraction of sp³-hybridized carbons (Fsp3) is 0.562. The van der Waals surface area contributed by atoms with Gasteiger partial charge in [-0.2, -0.15) is 9.03 Å². The van der Waals surface area contributed by atoms with Gasteiger partial charge in [0.1, 0.15) is 6.04 Å². The first kappa shape index (κ1) is 19.3. The van der Waals surface area contributed by atoms with E-state index in [1.807, 2.05) is 0 Å². The fourth-order valence-corrected chi connectivity index (χ4v) is 5.92. The first-order chi connectivity index (χ1) is 12.3. The van der Waals surface area contributed by atoms with E-state index in [4.69, 9.17) is 0 Å². The molecule has 2 aliphatic rings. The number of nitrogens with zero attached hydrogens (tertiary/aromatic N) is 1. The van der Waals surface area contributed by atoms with Crippen LogP contribution in [-0.2, 0) is 24.8 Å². The number of carbonyl (C=O) groups excluding carboxylic acids is 1. The molecule has 0 saturated carbocycles. The lowest BCUT2D eigenvalue weighted by Crippen LogP contribution is -2.45. The van der Waals surface area contributed by atoms with Gasteiger partial charge in [-0.15, -0.1) is 0 Å². The third kappa shape index (κ3) is 4.08. The molecule has 1 amide bonds. The Hall–Kier alpha value is -1.49. The van der Waals surface area contributed by atoms with Crippen molar-refractivity contribution in [2.45, 2.75) is 47.9 Å². The highest BCUT2D eigenvalue weighted by atomic mass is 32.2. The molecular weight excluding hydrogens is 378 g/mol. The van der Waals surface area contributed by atoms with Crippen LogP contribution < -0.4 is 10.0 Å². The van der Waals surface area contributed by atoms with E-state index in [9.17, 15) is 21.6 Å². The lowest BCUT2D eigenvalue weighted by molar-refractivity contribution is -0.122. The van der Waals surface area contributed by atoms with E-state index in [1.54, 1.807) is 0 Å². The van der Waals surface area contributed by atoms with E-state index in [0.717, 1.165) is 25.7 Å². The second-order valence-corrected chi connectivity index (χ2v) is 10.2. The molecule has 144 valence electrons. The van der Waals surface area contributed by atoms with Crippen LogP contribution in [0.4, 0.5) is 0 Å². The van der Waals surface area contributed by atoms with Crippen molar-refractivity contribution in [3.05, 3.63) is 24.3 Å². The van der Waals surface area contributed by atoms with Gasteiger partial charge in [0, 0.05) is 19.6 Å². The molecule has 0 aromatic heterocycles. The number of carbonyl (C=O) groups is 1. The monoisotopic (exact) mass is 401 g/mol. The summed E-state index contributed by atoms with van der Waals surface area (Å²) in [5.74, 6) is -0.334. The standard InChI is InChI=1S/C16H23N3O5S2/c20-16-15(5-1-2-10-17-16)18-25(21,22)13-6-8-14(9-7-13)26(23,24)19-11-3-4-12-19/h6-9,15,18H,1-5,10-12H2,(H,17,20)/t15-/m0/s1. The lowest BCUT2D eigenvalue weighted by Gasteiger charge is -2.17. The number of sulfonamides is 2. The first-order valence-corrected chi connectivity index (χ1v) is 11.6. The van der Waals surface area contributed by atoms with Crippen molar-refractivity contribution in [3.63, 3.8) is 0 Å². The van der Waals surface area contributed by atoms with Gasteiger partial charge in [0.2, 0.25) is 26.0 Å². The predicted molar refractivity (Wildman–Crippen MR) is 95.4 cm³/mol. The molecule has 2 N–H and O–H groups in total. The van der Waals surface area contributed by atoms with Crippen LogP contribution >= 0.6 is 0 Å². The molecule has 3 rings (SSSR count). The van der Waals surface area contributed by atoms with E-state index < -0.39 is 26.1 Å². The Morgan fingerprint density at radius 3 is 2.19 bits per heavy atom. The predicted octanol–water partition coefficient (Wildman–Crippen LogP) is 0.418. The molecule has 1 aromatic carbocycles.